The minimum atomic E-state index is -0.434. The van der Waals surface area contributed by atoms with Crippen molar-refractivity contribution in [1.82, 2.24) is 9.55 Å². The van der Waals surface area contributed by atoms with Crippen molar-refractivity contribution in [2.75, 3.05) is 0 Å². The minimum Gasteiger partial charge on any atom is -0.289 e. The molecule has 2 rings (SSSR count). The Balaban J connectivity index is 2.49. The molecule has 7 heteroatoms. The van der Waals surface area contributed by atoms with Crippen molar-refractivity contribution in [3.05, 3.63) is 46.4 Å². The molecule has 1 heterocycles. The number of nitro benzene ring substituents is 1. The number of thiocarbonyl (C=S) groups is 1. The highest BCUT2D eigenvalue weighted by atomic mass is 32.1. The molecule has 0 atom stereocenters. The average Bonchev–Trinajstić information content (AvgIpc) is 2.71. The first kappa shape index (κ1) is 12.7. The fourth-order valence-corrected chi connectivity index (χ4v) is 1.97. The van der Waals surface area contributed by atoms with E-state index < -0.39 is 4.92 Å². The number of hydrogen-bond acceptors (Lipinski definition) is 4. The molecule has 0 amide bonds. The number of thiol groups is 1. The van der Waals surface area contributed by atoms with Crippen molar-refractivity contribution in [2.45, 2.75) is 6.92 Å². The lowest BCUT2D eigenvalue weighted by molar-refractivity contribution is -0.384. The van der Waals surface area contributed by atoms with Gasteiger partial charge in [0.25, 0.3) is 5.69 Å². The number of imidazole rings is 1. The number of benzene rings is 1. The summed E-state index contributed by atoms with van der Waals surface area (Å²) in [7, 11) is 0. The van der Waals surface area contributed by atoms with Crippen molar-refractivity contribution in [1.29, 1.82) is 0 Å². The van der Waals surface area contributed by atoms with E-state index in [9.17, 15) is 10.1 Å². The highest BCUT2D eigenvalue weighted by Crippen LogP contribution is 2.23. The number of nitro groups is 1. The number of hydrogen-bond donors (Lipinski definition) is 1. The Kier molecular flexibility index (Phi) is 3.44. The molecule has 0 spiro atoms. The summed E-state index contributed by atoms with van der Waals surface area (Å²) in [6.07, 6.45) is 1.71. The fourth-order valence-electron chi connectivity index (χ4n) is 1.58. The third kappa shape index (κ3) is 2.41. The number of aryl methyl sites for hydroxylation is 1. The van der Waals surface area contributed by atoms with E-state index in [4.69, 9.17) is 12.2 Å². The van der Waals surface area contributed by atoms with Crippen LogP contribution in [0.5, 0.6) is 0 Å². The molecule has 0 unspecified atom stereocenters. The van der Waals surface area contributed by atoms with Gasteiger partial charge in [0.15, 0.2) is 0 Å². The van der Waals surface area contributed by atoms with E-state index in [-0.39, 0.29) is 5.69 Å². The van der Waals surface area contributed by atoms with Crippen LogP contribution in [0, 0.1) is 17.0 Å². The lowest BCUT2D eigenvalue weighted by Crippen LogP contribution is -2.01. The summed E-state index contributed by atoms with van der Waals surface area (Å²) < 4.78 is 2.03. The van der Waals surface area contributed by atoms with E-state index >= 15 is 0 Å². The Bertz CT molecular complexity index is 637. The minimum absolute atomic E-state index is 0.0353. The maximum atomic E-state index is 10.7. The standard InChI is InChI=1S/C11H9N3O2S2/c1-7-12-10(6-13(7)11(17)18)8-3-2-4-9(5-8)14(15)16/h2-6H,1H3,(H,17,18). The van der Waals surface area contributed by atoms with Crippen LogP contribution >= 0.6 is 24.8 Å². The summed E-state index contributed by atoms with van der Waals surface area (Å²) >= 11 is 9.04. The molecule has 5 nitrogen and oxygen atoms in total. The second-order valence-corrected chi connectivity index (χ2v) is 4.75. The molecule has 1 aromatic heterocycles. The summed E-state index contributed by atoms with van der Waals surface area (Å²) in [5, 5.41) is 10.7. The predicted molar refractivity (Wildman–Crippen MR) is 76.0 cm³/mol. The topological polar surface area (TPSA) is 61.0 Å². The van der Waals surface area contributed by atoms with Crippen LogP contribution in [0.3, 0.4) is 0 Å². The van der Waals surface area contributed by atoms with Gasteiger partial charge in [0, 0.05) is 23.9 Å². The monoisotopic (exact) mass is 279 g/mol. The molecule has 2 aromatic rings. The molecular weight excluding hydrogens is 270 g/mol. The third-order valence-electron chi connectivity index (χ3n) is 2.44. The van der Waals surface area contributed by atoms with Crippen molar-refractivity contribution in [3.63, 3.8) is 0 Å². The van der Waals surface area contributed by atoms with Crippen LogP contribution in [0.1, 0.15) is 5.82 Å². The number of aromatic nitrogens is 2. The Hall–Kier alpha value is -1.73. The fraction of sp³-hybridized carbons (Fsp3) is 0.0909. The van der Waals surface area contributed by atoms with E-state index in [0.717, 1.165) is 0 Å². The zero-order valence-electron chi connectivity index (χ0n) is 9.40. The van der Waals surface area contributed by atoms with Crippen LogP contribution in [-0.4, -0.2) is 18.8 Å². The van der Waals surface area contributed by atoms with Gasteiger partial charge in [-0.3, -0.25) is 14.7 Å². The van der Waals surface area contributed by atoms with Crippen LogP contribution in [0.15, 0.2) is 30.5 Å². The van der Waals surface area contributed by atoms with Gasteiger partial charge in [0.2, 0.25) is 0 Å². The largest absolute Gasteiger partial charge is 0.289 e. The lowest BCUT2D eigenvalue weighted by Gasteiger charge is -1.97. The first-order valence-electron chi connectivity index (χ1n) is 5.03. The first-order valence-corrected chi connectivity index (χ1v) is 5.88. The molecule has 0 radical (unpaired) electrons. The Morgan fingerprint density at radius 2 is 2.28 bits per heavy atom. The molecule has 0 N–H and O–H groups in total. The van der Waals surface area contributed by atoms with E-state index in [1.807, 2.05) is 0 Å². The quantitative estimate of drug-likeness (QED) is 0.397. The highest BCUT2D eigenvalue weighted by molar-refractivity contribution is 8.11. The maximum Gasteiger partial charge on any atom is 0.270 e. The van der Waals surface area contributed by atoms with Gasteiger partial charge in [-0.15, -0.1) is 12.6 Å². The highest BCUT2D eigenvalue weighted by Gasteiger charge is 2.11. The molecule has 0 bridgehead atoms. The molecular formula is C11H9N3O2S2. The van der Waals surface area contributed by atoms with Crippen molar-refractivity contribution < 1.29 is 4.92 Å². The molecule has 0 saturated carbocycles. The van der Waals surface area contributed by atoms with Crippen molar-refractivity contribution in [2.24, 2.45) is 0 Å². The zero-order chi connectivity index (χ0) is 13.3. The van der Waals surface area contributed by atoms with Gasteiger partial charge in [-0.2, -0.15) is 0 Å². The molecule has 0 aliphatic rings. The lowest BCUT2D eigenvalue weighted by atomic mass is 10.1. The van der Waals surface area contributed by atoms with Crippen LogP contribution < -0.4 is 0 Å². The first-order chi connectivity index (χ1) is 8.49. The molecule has 0 saturated heterocycles. The predicted octanol–water partition coefficient (Wildman–Crippen LogP) is 2.83. The van der Waals surface area contributed by atoms with Gasteiger partial charge in [-0.25, -0.2) is 4.98 Å². The molecule has 92 valence electrons. The molecule has 0 aliphatic heterocycles. The van der Waals surface area contributed by atoms with Crippen LogP contribution in [0.4, 0.5) is 5.69 Å². The summed E-state index contributed by atoms with van der Waals surface area (Å²) in [5.74, 6) is 0.691. The SMILES string of the molecule is Cc1nc(-c2cccc([N+](=O)[O-])c2)cn1C(=S)S. The summed E-state index contributed by atoms with van der Waals surface area (Å²) in [5.41, 5.74) is 1.34. The zero-order valence-corrected chi connectivity index (χ0v) is 11.1. The van der Waals surface area contributed by atoms with E-state index in [1.54, 1.807) is 29.8 Å². The Morgan fingerprint density at radius 3 is 2.83 bits per heavy atom. The Morgan fingerprint density at radius 1 is 1.56 bits per heavy atom. The summed E-state index contributed by atoms with van der Waals surface area (Å²) in [6, 6.07) is 6.31. The van der Waals surface area contributed by atoms with Crippen molar-refractivity contribution >= 4 is 34.9 Å². The molecule has 18 heavy (non-hydrogen) atoms. The van der Waals surface area contributed by atoms with Crippen LogP contribution in [0.2, 0.25) is 0 Å². The molecule has 0 aliphatic carbocycles. The summed E-state index contributed by atoms with van der Waals surface area (Å²) in [6.45, 7) is 1.80. The number of rotatable bonds is 2. The van der Waals surface area contributed by atoms with Gasteiger partial charge in [-0.05, 0) is 6.92 Å². The number of nitrogens with zero attached hydrogens (tertiary/aromatic N) is 3. The second kappa shape index (κ2) is 4.87. The second-order valence-electron chi connectivity index (χ2n) is 3.63. The van der Waals surface area contributed by atoms with Crippen LogP contribution in [-0.2, 0) is 0 Å². The van der Waals surface area contributed by atoms with E-state index in [1.165, 1.54) is 12.1 Å². The third-order valence-corrected chi connectivity index (χ3v) is 2.85. The van der Waals surface area contributed by atoms with Gasteiger partial charge in [0.05, 0.1) is 10.6 Å². The van der Waals surface area contributed by atoms with Gasteiger partial charge < -0.3 is 0 Å². The molecule has 0 fully saturated rings. The summed E-state index contributed by atoms with van der Waals surface area (Å²) in [4.78, 5) is 14.6. The normalized spacial score (nSPS) is 10.3. The van der Waals surface area contributed by atoms with Crippen molar-refractivity contribution in [3.8, 4) is 11.3 Å². The maximum absolute atomic E-state index is 10.7. The van der Waals surface area contributed by atoms with Gasteiger partial charge in [0.1, 0.15) is 10.1 Å². The smallest absolute Gasteiger partial charge is 0.270 e. The van der Waals surface area contributed by atoms with Crippen LogP contribution in [0.25, 0.3) is 11.3 Å². The van der Waals surface area contributed by atoms with E-state index in [0.29, 0.717) is 21.4 Å². The Labute approximate surface area is 114 Å². The average molecular weight is 279 g/mol. The van der Waals surface area contributed by atoms with Gasteiger partial charge >= 0.3 is 0 Å². The van der Waals surface area contributed by atoms with E-state index in [2.05, 4.69) is 17.6 Å². The molecule has 1 aromatic carbocycles. The number of non-ortho nitro benzene ring substituents is 1. The van der Waals surface area contributed by atoms with Gasteiger partial charge in [-0.1, -0.05) is 24.4 Å².